The molecular formula is C16H18N2O2. The minimum absolute atomic E-state index is 0.260. The van der Waals surface area contributed by atoms with E-state index in [2.05, 4.69) is 24.1 Å². The van der Waals surface area contributed by atoms with Gasteiger partial charge in [-0.25, -0.2) is 0 Å². The summed E-state index contributed by atoms with van der Waals surface area (Å²) in [6.45, 7) is 6.11. The molecule has 20 heavy (non-hydrogen) atoms. The number of para-hydroxylation sites is 1. The number of nitrogens with one attached hydrogen (secondary N) is 2. The number of hydrogen-bond acceptors (Lipinski definition) is 2. The number of aryl methyl sites for hydroxylation is 1. The van der Waals surface area contributed by atoms with Crippen LogP contribution in [0.4, 0.5) is 5.69 Å². The molecule has 1 heterocycles. The standard InChI is InChI=1S/C16H18N2O2/c1-10(2)12-7-4-6-11(3)15(12)18-16(20)13-8-5-9-14(19)17-13/h4-10H,1-3H3,(H,17,19)(H,18,20). The van der Waals surface area contributed by atoms with Crippen LogP contribution < -0.4 is 10.9 Å². The third-order valence-corrected chi connectivity index (χ3v) is 3.18. The van der Waals surface area contributed by atoms with E-state index in [0.29, 0.717) is 5.92 Å². The highest BCUT2D eigenvalue weighted by Gasteiger charge is 2.13. The second kappa shape index (κ2) is 5.74. The van der Waals surface area contributed by atoms with Gasteiger partial charge < -0.3 is 10.3 Å². The zero-order chi connectivity index (χ0) is 14.7. The Kier molecular flexibility index (Phi) is 4.03. The van der Waals surface area contributed by atoms with Crippen molar-refractivity contribution in [3.63, 3.8) is 0 Å². The van der Waals surface area contributed by atoms with Crippen LogP contribution in [0, 0.1) is 6.92 Å². The normalized spacial score (nSPS) is 10.6. The first kappa shape index (κ1) is 14.1. The van der Waals surface area contributed by atoms with Crippen LogP contribution >= 0.6 is 0 Å². The van der Waals surface area contributed by atoms with Crippen LogP contribution in [0.5, 0.6) is 0 Å². The lowest BCUT2D eigenvalue weighted by molar-refractivity contribution is 0.102. The number of hydrogen-bond donors (Lipinski definition) is 2. The van der Waals surface area contributed by atoms with E-state index in [1.807, 2.05) is 25.1 Å². The number of anilines is 1. The molecule has 1 aromatic carbocycles. The first-order valence-electron chi connectivity index (χ1n) is 6.59. The summed E-state index contributed by atoms with van der Waals surface area (Å²) in [5.41, 5.74) is 2.87. The first-order chi connectivity index (χ1) is 9.49. The Balaban J connectivity index is 2.35. The molecule has 0 saturated carbocycles. The van der Waals surface area contributed by atoms with Crippen molar-refractivity contribution < 1.29 is 4.79 Å². The number of carbonyl (C=O) groups is 1. The van der Waals surface area contributed by atoms with Gasteiger partial charge in [0.2, 0.25) is 5.56 Å². The molecular weight excluding hydrogens is 252 g/mol. The van der Waals surface area contributed by atoms with Crippen molar-refractivity contribution in [2.45, 2.75) is 26.7 Å². The van der Waals surface area contributed by atoms with E-state index in [1.54, 1.807) is 12.1 Å². The van der Waals surface area contributed by atoms with Crippen molar-refractivity contribution in [1.29, 1.82) is 0 Å². The molecule has 0 aliphatic rings. The lowest BCUT2D eigenvalue weighted by Crippen LogP contribution is -2.19. The summed E-state index contributed by atoms with van der Waals surface area (Å²) in [6.07, 6.45) is 0. The molecule has 0 atom stereocenters. The van der Waals surface area contributed by atoms with Crippen molar-refractivity contribution in [3.05, 3.63) is 63.6 Å². The Bertz CT molecular complexity index is 687. The average molecular weight is 270 g/mol. The molecule has 2 aromatic rings. The monoisotopic (exact) mass is 270 g/mol. The molecule has 0 bridgehead atoms. The van der Waals surface area contributed by atoms with Gasteiger partial charge in [0.25, 0.3) is 5.91 Å². The van der Waals surface area contributed by atoms with Gasteiger partial charge in [-0.05, 0) is 30.0 Å². The van der Waals surface area contributed by atoms with Crippen LogP contribution in [0.25, 0.3) is 0 Å². The molecule has 1 aromatic heterocycles. The van der Waals surface area contributed by atoms with Crippen LogP contribution in [-0.2, 0) is 0 Å². The Hall–Kier alpha value is -2.36. The topological polar surface area (TPSA) is 62.0 Å². The van der Waals surface area contributed by atoms with Crippen LogP contribution in [0.3, 0.4) is 0 Å². The summed E-state index contributed by atoms with van der Waals surface area (Å²) in [5, 5.41) is 2.89. The average Bonchev–Trinajstić information content (AvgIpc) is 2.40. The van der Waals surface area contributed by atoms with Crippen molar-refractivity contribution in [3.8, 4) is 0 Å². The number of H-pyrrole nitrogens is 1. The molecule has 0 aliphatic carbocycles. The van der Waals surface area contributed by atoms with Crippen LogP contribution in [-0.4, -0.2) is 10.9 Å². The summed E-state index contributed by atoms with van der Waals surface area (Å²) >= 11 is 0. The van der Waals surface area contributed by atoms with Gasteiger partial charge in [-0.3, -0.25) is 9.59 Å². The molecule has 4 nitrogen and oxygen atoms in total. The van der Waals surface area contributed by atoms with Crippen LogP contribution in [0.15, 0.2) is 41.2 Å². The molecule has 0 radical (unpaired) electrons. The number of amides is 1. The highest BCUT2D eigenvalue weighted by Crippen LogP contribution is 2.27. The fourth-order valence-electron chi connectivity index (χ4n) is 2.10. The van der Waals surface area contributed by atoms with E-state index in [4.69, 9.17) is 0 Å². The van der Waals surface area contributed by atoms with Gasteiger partial charge in [0.05, 0.1) is 0 Å². The van der Waals surface area contributed by atoms with Crippen molar-refractivity contribution >= 4 is 11.6 Å². The number of pyridine rings is 1. The summed E-state index contributed by atoms with van der Waals surface area (Å²) in [5.74, 6) is -0.000998. The third-order valence-electron chi connectivity index (χ3n) is 3.18. The molecule has 2 rings (SSSR count). The van der Waals surface area contributed by atoms with Crippen molar-refractivity contribution in [2.24, 2.45) is 0 Å². The van der Waals surface area contributed by atoms with E-state index in [0.717, 1.165) is 16.8 Å². The van der Waals surface area contributed by atoms with E-state index in [9.17, 15) is 9.59 Å². The lowest BCUT2D eigenvalue weighted by atomic mass is 9.98. The molecule has 0 fully saturated rings. The first-order valence-corrected chi connectivity index (χ1v) is 6.59. The quantitative estimate of drug-likeness (QED) is 0.900. The fraction of sp³-hybridized carbons (Fsp3) is 0.250. The molecule has 0 aliphatic heterocycles. The van der Waals surface area contributed by atoms with E-state index in [-0.39, 0.29) is 17.2 Å². The molecule has 104 valence electrons. The summed E-state index contributed by atoms with van der Waals surface area (Å²) in [4.78, 5) is 26.0. The Morgan fingerprint density at radius 1 is 1.15 bits per heavy atom. The Morgan fingerprint density at radius 2 is 1.85 bits per heavy atom. The predicted octanol–water partition coefficient (Wildman–Crippen LogP) is 3.06. The van der Waals surface area contributed by atoms with Crippen molar-refractivity contribution in [1.82, 2.24) is 4.98 Å². The molecule has 1 amide bonds. The van der Waals surface area contributed by atoms with Gasteiger partial charge in [-0.15, -0.1) is 0 Å². The third kappa shape index (κ3) is 2.96. The number of aromatic nitrogens is 1. The zero-order valence-electron chi connectivity index (χ0n) is 11.9. The SMILES string of the molecule is Cc1cccc(C(C)C)c1NC(=O)c1cccc(=O)[nH]1. The van der Waals surface area contributed by atoms with Gasteiger partial charge >= 0.3 is 0 Å². The summed E-state index contributed by atoms with van der Waals surface area (Å²) in [6, 6.07) is 10.5. The smallest absolute Gasteiger partial charge is 0.272 e. The Labute approximate surface area is 117 Å². The number of aromatic amines is 1. The highest BCUT2D eigenvalue weighted by molar-refractivity contribution is 6.03. The molecule has 0 spiro atoms. The molecule has 2 N–H and O–H groups in total. The zero-order valence-corrected chi connectivity index (χ0v) is 11.9. The van der Waals surface area contributed by atoms with Gasteiger partial charge in [0.15, 0.2) is 0 Å². The van der Waals surface area contributed by atoms with Crippen molar-refractivity contribution in [2.75, 3.05) is 5.32 Å². The largest absolute Gasteiger partial charge is 0.320 e. The second-order valence-corrected chi connectivity index (χ2v) is 5.08. The molecule has 4 heteroatoms. The maximum Gasteiger partial charge on any atom is 0.272 e. The molecule has 0 saturated heterocycles. The molecule has 0 unspecified atom stereocenters. The van der Waals surface area contributed by atoms with Gasteiger partial charge in [-0.2, -0.15) is 0 Å². The van der Waals surface area contributed by atoms with Crippen LogP contribution in [0.1, 0.15) is 41.4 Å². The lowest BCUT2D eigenvalue weighted by Gasteiger charge is -2.16. The number of benzene rings is 1. The van der Waals surface area contributed by atoms with Gasteiger partial charge in [0.1, 0.15) is 5.69 Å². The van der Waals surface area contributed by atoms with E-state index < -0.39 is 0 Å². The maximum absolute atomic E-state index is 12.2. The van der Waals surface area contributed by atoms with Gasteiger partial charge in [0, 0.05) is 11.8 Å². The summed E-state index contributed by atoms with van der Waals surface area (Å²) < 4.78 is 0. The minimum Gasteiger partial charge on any atom is -0.320 e. The number of carbonyl (C=O) groups excluding carboxylic acids is 1. The van der Waals surface area contributed by atoms with E-state index in [1.165, 1.54) is 6.07 Å². The minimum atomic E-state index is -0.307. The van der Waals surface area contributed by atoms with Gasteiger partial charge in [-0.1, -0.05) is 38.1 Å². The maximum atomic E-state index is 12.2. The highest BCUT2D eigenvalue weighted by atomic mass is 16.2. The Morgan fingerprint density at radius 3 is 2.50 bits per heavy atom. The fourth-order valence-corrected chi connectivity index (χ4v) is 2.10. The number of rotatable bonds is 3. The second-order valence-electron chi connectivity index (χ2n) is 5.08. The summed E-state index contributed by atoms with van der Waals surface area (Å²) in [7, 11) is 0. The van der Waals surface area contributed by atoms with E-state index >= 15 is 0 Å². The van der Waals surface area contributed by atoms with Crippen LogP contribution in [0.2, 0.25) is 0 Å². The predicted molar refractivity (Wildman–Crippen MR) is 80.3 cm³/mol.